The number of aromatic nitrogens is 1. The zero-order chi connectivity index (χ0) is 23.3. The molecule has 5 aromatic rings. The number of thiazole rings is 1. The molecule has 0 radical (unpaired) electrons. The quantitative estimate of drug-likeness (QED) is 0.223. The van der Waals surface area contributed by atoms with Crippen LogP contribution >= 0.6 is 23.1 Å². The van der Waals surface area contributed by atoms with Gasteiger partial charge in [0.05, 0.1) is 16.8 Å². The van der Waals surface area contributed by atoms with E-state index in [1.807, 2.05) is 91.2 Å². The van der Waals surface area contributed by atoms with Gasteiger partial charge in [-0.1, -0.05) is 72.0 Å². The highest BCUT2D eigenvalue weighted by molar-refractivity contribution is 7.98. The van der Waals surface area contributed by atoms with Crippen LogP contribution in [0, 0.1) is 0 Å². The molecule has 0 saturated heterocycles. The van der Waals surface area contributed by atoms with Crippen LogP contribution in [0.4, 0.5) is 5.13 Å². The minimum Gasteiger partial charge on any atom is -0.457 e. The van der Waals surface area contributed by atoms with Gasteiger partial charge in [0.2, 0.25) is 0 Å². The Kier molecular flexibility index (Phi) is 6.60. The molecule has 1 heterocycles. The number of benzene rings is 4. The SMILES string of the molecule is CSc1cccc2sc(N(Cc3ccccc3)C(=O)c3cccc(Oc4ccccc4)c3)nc12. The molecule has 4 nitrogen and oxygen atoms in total. The van der Waals surface area contributed by atoms with Gasteiger partial charge in [0.25, 0.3) is 5.91 Å². The molecule has 0 spiro atoms. The molecule has 0 unspecified atom stereocenters. The van der Waals surface area contributed by atoms with Gasteiger partial charge in [-0.2, -0.15) is 0 Å². The lowest BCUT2D eigenvalue weighted by atomic mass is 10.1. The first-order chi connectivity index (χ1) is 16.7. The number of hydrogen-bond acceptors (Lipinski definition) is 5. The van der Waals surface area contributed by atoms with Crippen molar-refractivity contribution < 1.29 is 9.53 Å². The number of nitrogens with zero attached hydrogens (tertiary/aromatic N) is 2. The number of thioether (sulfide) groups is 1. The first-order valence-corrected chi connectivity index (χ1v) is 12.9. The number of fused-ring (bicyclic) bond motifs is 1. The fourth-order valence-corrected chi connectivity index (χ4v) is 5.28. The van der Waals surface area contributed by atoms with Crippen molar-refractivity contribution in [3.63, 3.8) is 0 Å². The van der Waals surface area contributed by atoms with E-state index >= 15 is 0 Å². The van der Waals surface area contributed by atoms with Gasteiger partial charge in [-0.15, -0.1) is 11.8 Å². The third-order valence-electron chi connectivity index (χ3n) is 5.31. The predicted molar refractivity (Wildman–Crippen MR) is 141 cm³/mol. The Labute approximate surface area is 206 Å². The zero-order valence-electron chi connectivity index (χ0n) is 18.5. The summed E-state index contributed by atoms with van der Waals surface area (Å²) in [5, 5.41) is 0.680. The predicted octanol–water partition coefficient (Wildman–Crippen LogP) is 7.66. The second-order valence-electron chi connectivity index (χ2n) is 7.62. The van der Waals surface area contributed by atoms with Crippen molar-refractivity contribution in [2.24, 2.45) is 0 Å². The Hall–Kier alpha value is -3.61. The monoisotopic (exact) mass is 482 g/mol. The Morgan fingerprint density at radius 2 is 1.59 bits per heavy atom. The molecule has 6 heteroatoms. The van der Waals surface area contributed by atoms with E-state index in [-0.39, 0.29) is 5.91 Å². The molecule has 5 rings (SSSR count). The molecule has 0 aliphatic carbocycles. The lowest BCUT2D eigenvalue weighted by molar-refractivity contribution is 0.0985. The Morgan fingerprint density at radius 3 is 2.35 bits per heavy atom. The molecule has 1 amide bonds. The maximum Gasteiger partial charge on any atom is 0.260 e. The summed E-state index contributed by atoms with van der Waals surface area (Å²) < 4.78 is 7.03. The van der Waals surface area contributed by atoms with Gasteiger partial charge in [-0.05, 0) is 54.3 Å². The van der Waals surface area contributed by atoms with E-state index in [0.29, 0.717) is 23.0 Å². The van der Waals surface area contributed by atoms with Crippen molar-refractivity contribution in [3.8, 4) is 11.5 Å². The van der Waals surface area contributed by atoms with Crippen molar-refractivity contribution in [3.05, 3.63) is 114 Å². The van der Waals surface area contributed by atoms with E-state index in [4.69, 9.17) is 9.72 Å². The van der Waals surface area contributed by atoms with Crippen LogP contribution in [0.25, 0.3) is 10.2 Å². The fraction of sp³-hybridized carbons (Fsp3) is 0.0714. The van der Waals surface area contributed by atoms with Gasteiger partial charge in [0.15, 0.2) is 5.13 Å². The summed E-state index contributed by atoms with van der Waals surface area (Å²) in [4.78, 5) is 21.6. The highest BCUT2D eigenvalue weighted by atomic mass is 32.2. The number of para-hydroxylation sites is 2. The molecule has 34 heavy (non-hydrogen) atoms. The molecule has 0 aliphatic rings. The lowest BCUT2D eigenvalue weighted by Crippen LogP contribution is -2.30. The van der Waals surface area contributed by atoms with Crippen molar-refractivity contribution >= 4 is 44.4 Å². The summed E-state index contributed by atoms with van der Waals surface area (Å²) in [6.07, 6.45) is 2.04. The minimum absolute atomic E-state index is 0.118. The number of rotatable bonds is 7. The third kappa shape index (κ3) is 4.83. The van der Waals surface area contributed by atoms with Crippen LogP contribution in [0.5, 0.6) is 11.5 Å². The van der Waals surface area contributed by atoms with Crippen LogP contribution in [-0.2, 0) is 6.54 Å². The number of ether oxygens (including phenoxy) is 1. The maximum absolute atomic E-state index is 13.8. The average molecular weight is 483 g/mol. The number of carbonyl (C=O) groups is 1. The Morgan fingerprint density at radius 1 is 0.882 bits per heavy atom. The largest absolute Gasteiger partial charge is 0.457 e. The van der Waals surface area contributed by atoms with E-state index in [9.17, 15) is 4.79 Å². The molecule has 0 N–H and O–H groups in total. The lowest BCUT2D eigenvalue weighted by Gasteiger charge is -2.20. The van der Waals surface area contributed by atoms with E-state index in [1.54, 1.807) is 22.7 Å². The van der Waals surface area contributed by atoms with Crippen LogP contribution in [0.1, 0.15) is 15.9 Å². The van der Waals surface area contributed by atoms with Crippen molar-refractivity contribution in [1.82, 2.24) is 4.98 Å². The zero-order valence-corrected chi connectivity index (χ0v) is 20.2. The van der Waals surface area contributed by atoms with Crippen molar-refractivity contribution in [2.45, 2.75) is 11.4 Å². The minimum atomic E-state index is -0.118. The van der Waals surface area contributed by atoms with Gasteiger partial charge in [-0.25, -0.2) is 4.98 Å². The summed E-state index contributed by atoms with van der Waals surface area (Å²) in [6, 6.07) is 33.0. The van der Waals surface area contributed by atoms with Gasteiger partial charge < -0.3 is 4.74 Å². The Bertz CT molecular complexity index is 1420. The van der Waals surface area contributed by atoms with Crippen LogP contribution in [0.3, 0.4) is 0 Å². The number of carbonyl (C=O) groups excluding carboxylic acids is 1. The first-order valence-electron chi connectivity index (χ1n) is 10.8. The molecular weight excluding hydrogens is 460 g/mol. The summed E-state index contributed by atoms with van der Waals surface area (Å²) in [6.45, 7) is 0.428. The van der Waals surface area contributed by atoms with Crippen molar-refractivity contribution in [1.29, 1.82) is 0 Å². The van der Waals surface area contributed by atoms with E-state index in [0.717, 1.165) is 26.4 Å². The van der Waals surface area contributed by atoms with Crippen LogP contribution in [-0.4, -0.2) is 17.1 Å². The van der Waals surface area contributed by atoms with Gasteiger partial charge >= 0.3 is 0 Å². The molecule has 0 fully saturated rings. The smallest absolute Gasteiger partial charge is 0.260 e. The molecule has 0 bridgehead atoms. The standard InChI is InChI=1S/C28H22N2O2S2/c1-33-24-16-9-17-25-26(24)29-28(34-25)30(19-20-10-4-2-5-11-20)27(31)21-12-8-15-23(18-21)32-22-13-6-3-7-14-22/h2-18H,19H2,1H3. The summed E-state index contributed by atoms with van der Waals surface area (Å²) in [5.41, 5.74) is 2.52. The Balaban J connectivity index is 1.52. The maximum atomic E-state index is 13.8. The highest BCUT2D eigenvalue weighted by Crippen LogP contribution is 2.35. The third-order valence-corrected chi connectivity index (χ3v) is 7.12. The second-order valence-corrected chi connectivity index (χ2v) is 9.48. The van der Waals surface area contributed by atoms with Crippen molar-refractivity contribution in [2.75, 3.05) is 11.2 Å². The summed E-state index contributed by atoms with van der Waals surface area (Å²) in [5.74, 6) is 1.22. The van der Waals surface area contributed by atoms with E-state index in [1.165, 1.54) is 11.3 Å². The first kappa shape index (κ1) is 22.2. The average Bonchev–Trinajstić information content (AvgIpc) is 3.32. The number of hydrogen-bond donors (Lipinski definition) is 0. The van der Waals surface area contributed by atoms with Gasteiger partial charge in [-0.3, -0.25) is 9.69 Å². The molecule has 168 valence electrons. The summed E-state index contributed by atoms with van der Waals surface area (Å²) in [7, 11) is 0. The van der Waals surface area contributed by atoms with Crippen LogP contribution < -0.4 is 9.64 Å². The molecule has 1 aromatic heterocycles. The van der Waals surface area contributed by atoms with Crippen LogP contribution in [0.2, 0.25) is 0 Å². The van der Waals surface area contributed by atoms with E-state index < -0.39 is 0 Å². The normalized spacial score (nSPS) is 10.9. The second kappa shape index (κ2) is 10.1. The fourth-order valence-electron chi connectivity index (χ4n) is 3.66. The van der Waals surface area contributed by atoms with Crippen LogP contribution in [0.15, 0.2) is 108 Å². The molecular formula is C28H22N2O2S2. The van der Waals surface area contributed by atoms with Gasteiger partial charge in [0, 0.05) is 10.5 Å². The molecule has 4 aromatic carbocycles. The summed E-state index contributed by atoms with van der Waals surface area (Å²) >= 11 is 3.19. The molecule has 0 aliphatic heterocycles. The highest BCUT2D eigenvalue weighted by Gasteiger charge is 2.23. The van der Waals surface area contributed by atoms with E-state index in [2.05, 4.69) is 12.1 Å². The molecule has 0 atom stereocenters. The number of anilines is 1. The topological polar surface area (TPSA) is 42.4 Å². The van der Waals surface area contributed by atoms with Gasteiger partial charge in [0.1, 0.15) is 11.5 Å². The number of amides is 1. The molecule has 0 saturated carbocycles.